The molecule has 0 aromatic carbocycles. The van der Waals surface area contributed by atoms with Crippen LogP contribution >= 0.6 is 0 Å². The molecular weight excluding hydrogens is 176 g/mol. The van der Waals surface area contributed by atoms with Crippen LogP contribution < -0.4 is 0 Å². The van der Waals surface area contributed by atoms with Gasteiger partial charge in [-0.1, -0.05) is 0 Å². The predicted molar refractivity (Wildman–Crippen MR) is 44.1 cm³/mol. The summed E-state index contributed by atoms with van der Waals surface area (Å²) in [5, 5.41) is 16.9. The van der Waals surface area contributed by atoms with Crippen molar-refractivity contribution in [1.29, 1.82) is 0 Å². The molecule has 0 aliphatic heterocycles. The highest BCUT2D eigenvalue weighted by molar-refractivity contribution is 5.95. The Kier molecular flexibility index (Phi) is 5.54. The maximum absolute atomic E-state index is 11.0. The number of aliphatic hydroxyl groups excluding tert-OH is 1. The summed E-state index contributed by atoms with van der Waals surface area (Å²) in [5.41, 5.74) is -0.0307. The highest BCUT2D eigenvalue weighted by Gasteiger charge is 2.11. The number of ether oxygens (including phenoxy) is 1. The fraction of sp³-hybridized carbons (Fsp3) is 0.500. The number of hydrogen-bond donors (Lipinski definition) is 2. The number of rotatable bonds is 5. The molecule has 0 aromatic rings. The molecule has 0 unspecified atom stereocenters. The number of carboxylic acid groups (broad SMARTS) is 1. The van der Waals surface area contributed by atoms with Gasteiger partial charge in [-0.2, -0.15) is 0 Å². The number of carbonyl (C=O) groups excluding carboxylic acids is 1. The molecule has 13 heavy (non-hydrogen) atoms. The Labute approximate surface area is 75.6 Å². The van der Waals surface area contributed by atoms with Gasteiger partial charge in [-0.05, 0) is 6.92 Å². The number of aliphatic hydroxyl groups is 1. The number of hydrogen-bond acceptors (Lipinski definition) is 4. The molecule has 0 heterocycles. The lowest BCUT2D eigenvalue weighted by Crippen LogP contribution is -2.10. The van der Waals surface area contributed by atoms with E-state index in [0.29, 0.717) is 0 Å². The first-order valence-corrected chi connectivity index (χ1v) is 3.83. The van der Waals surface area contributed by atoms with Crippen molar-refractivity contribution in [3.8, 4) is 0 Å². The molecule has 0 saturated carbocycles. The van der Waals surface area contributed by atoms with Gasteiger partial charge in [-0.15, -0.1) is 0 Å². The van der Waals surface area contributed by atoms with Gasteiger partial charge in [0.25, 0.3) is 0 Å². The zero-order valence-electron chi connectivity index (χ0n) is 7.32. The SMILES string of the molecule is CCOC(=O)/C(=C\C(=O)O)CCO. The lowest BCUT2D eigenvalue weighted by atomic mass is 10.2. The van der Waals surface area contributed by atoms with E-state index in [9.17, 15) is 9.59 Å². The van der Waals surface area contributed by atoms with Crippen LogP contribution in [0, 0.1) is 0 Å². The van der Waals surface area contributed by atoms with E-state index in [2.05, 4.69) is 4.74 Å². The zero-order chi connectivity index (χ0) is 10.3. The molecule has 0 radical (unpaired) electrons. The van der Waals surface area contributed by atoms with Crippen LogP contribution in [0.2, 0.25) is 0 Å². The third-order valence-corrected chi connectivity index (χ3v) is 1.22. The van der Waals surface area contributed by atoms with Crippen LogP contribution in [-0.4, -0.2) is 35.4 Å². The lowest BCUT2D eigenvalue weighted by Gasteiger charge is -2.03. The van der Waals surface area contributed by atoms with Crippen LogP contribution in [0.25, 0.3) is 0 Å². The molecule has 0 fully saturated rings. The zero-order valence-corrected chi connectivity index (χ0v) is 7.32. The van der Waals surface area contributed by atoms with Crippen molar-refractivity contribution >= 4 is 11.9 Å². The Morgan fingerprint density at radius 3 is 2.46 bits per heavy atom. The quantitative estimate of drug-likeness (QED) is 0.466. The van der Waals surface area contributed by atoms with Crippen LogP contribution in [0.1, 0.15) is 13.3 Å². The van der Waals surface area contributed by atoms with Crippen molar-refractivity contribution in [1.82, 2.24) is 0 Å². The van der Waals surface area contributed by atoms with Gasteiger partial charge in [0.1, 0.15) is 0 Å². The van der Waals surface area contributed by atoms with Crippen LogP contribution in [0.4, 0.5) is 0 Å². The number of aliphatic carboxylic acids is 1. The van der Waals surface area contributed by atoms with Crippen LogP contribution in [0.5, 0.6) is 0 Å². The maximum atomic E-state index is 11.0. The van der Waals surface area contributed by atoms with Gasteiger partial charge in [0.05, 0.1) is 6.61 Å². The Bertz CT molecular complexity index is 219. The standard InChI is InChI=1S/C8H12O5/c1-2-13-8(12)6(3-4-9)5-7(10)11/h5,9H,2-4H2,1H3,(H,10,11)/b6-5-. The predicted octanol–water partition coefficient (Wildman–Crippen LogP) is -0.0571. The normalized spacial score (nSPS) is 11.1. The molecule has 0 aliphatic carbocycles. The molecule has 0 amide bonds. The molecule has 0 aromatic heterocycles. The molecule has 0 spiro atoms. The van der Waals surface area contributed by atoms with Crippen molar-refractivity contribution in [2.24, 2.45) is 0 Å². The Morgan fingerprint density at radius 1 is 1.46 bits per heavy atom. The van der Waals surface area contributed by atoms with E-state index in [1.807, 2.05) is 0 Å². The van der Waals surface area contributed by atoms with Crippen molar-refractivity contribution in [3.05, 3.63) is 11.6 Å². The second-order valence-electron chi connectivity index (χ2n) is 2.20. The molecule has 0 atom stereocenters. The smallest absolute Gasteiger partial charge is 0.334 e. The molecule has 2 N–H and O–H groups in total. The van der Waals surface area contributed by atoms with E-state index in [1.165, 1.54) is 0 Å². The molecule has 5 heteroatoms. The summed E-state index contributed by atoms with van der Waals surface area (Å²) in [6, 6.07) is 0. The Morgan fingerprint density at radius 2 is 2.08 bits per heavy atom. The fourth-order valence-corrected chi connectivity index (χ4v) is 0.726. The summed E-state index contributed by atoms with van der Waals surface area (Å²) in [6.07, 6.45) is 0.735. The van der Waals surface area contributed by atoms with Crippen molar-refractivity contribution in [2.75, 3.05) is 13.2 Å². The van der Waals surface area contributed by atoms with Gasteiger partial charge in [0, 0.05) is 24.7 Å². The number of esters is 1. The molecule has 0 bridgehead atoms. The third-order valence-electron chi connectivity index (χ3n) is 1.22. The summed E-state index contributed by atoms with van der Waals surface area (Å²) < 4.78 is 4.58. The van der Waals surface area contributed by atoms with E-state index < -0.39 is 11.9 Å². The van der Waals surface area contributed by atoms with Gasteiger partial charge >= 0.3 is 11.9 Å². The molecular formula is C8H12O5. The summed E-state index contributed by atoms with van der Waals surface area (Å²) in [4.78, 5) is 21.2. The minimum absolute atomic E-state index is 0.00880. The molecule has 0 aliphatic rings. The second kappa shape index (κ2) is 6.19. The van der Waals surface area contributed by atoms with E-state index >= 15 is 0 Å². The average Bonchev–Trinajstić information content (AvgIpc) is 2.03. The molecule has 5 nitrogen and oxygen atoms in total. The van der Waals surface area contributed by atoms with Gasteiger partial charge < -0.3 is 14.9 Å². The molecule has 0 saturated heterocycles. The monoisotopic (exact) mass is 188 g/mol. The largest absolute Gasteiger partial charge is 0.478 e. The van der Waals surface area contributed by atoms with Gasteiger partial charge in [0.2, 0.25) is 0 Å². The van der Waals surface area contributed by atoms with Crippen molar-refractivity contribution in [3.63, 3.8) is 0 Å². The van der Waals surface area contributed by atoms with Crippen LogP contribution in [0.3, 0.4) is 0 Å². The minimum Gasteiger partial charge on any atom is -0.478 e. The van der Waals surface area contributed by atoms with Crippen LogP contribution in [0.15, 0.2) is 11.6 Å². The van der Waals surface area contributed by atoms with E-state index in [-0.39, 0.29) is 25.2 Å². The van der Waals surface area contributed by atoms with Gasteiger partial charge in [-0.3, -0.25) is 0 Å². The second-order valence-corrected chi connectivity index (χ2v) is 2.20. The molecule has 74 valence electrons. The number of carbonyl (C=O) groups is 2. The average molecular weight is 188 g/mol. The Hall–Kier alpha value is -1.36. The highest BCUT2D eigenvalue weighted by atomic mass is 16.5. The van der Waals surface area contributed by atoms with Crippen LogP contribution in [-0.2, 0) is 14.3 Å². The first-order chi connectivity index (χ1) is 6.11. The maximum Gasteiger partial charge on any atom is 0.334 e. The number of carboxylic acids is 1. The first kappa shape index (κ1) is 11.6. The third kappa shape index (κ3) is 4.97. The van der Waals surface area contributed by atoms with Gasteiger partial charge in [-0.25, -0.2) is 9.59 Å². The molecule has 0 rings (SSSR count). The summed E-state index contributed by atoms with van der Waals surface area (Å²) in [6.45, 7) is 1.52. The van der Waals surface area contributed by atoms with Gasteiger partial charge in [0.15, 0.2) is 0 Å². The Balaban J connectivity index is 4.40. The first-order valence-electron chi connectivity index (χ1n) is 3.83. The van der Waals surface area contributed by atoms with E-state index in [4.69, 9.17) is 10.2 Å². The topological polar surface area (TPSA) is 83.8 Å². The summed E-state index contributed by atoms with van der Waals surface area (Å²) >= 11 is 0. The van der Waals surface area contributed by atoms with E-state index in [1.54, 1.807) is 6.92 Å². The van der Waals surface area contributed by atoms with Crippen molar-refractivity contribution < 1.29 is 24.5 Å². The lowest BCUT2D eigenvalue weighted by molar-refractivity contribution is -0.139. The summed E-state index contributed by atoms with van der Waals surface area (Å²) in [5.74, 6) is -1.92. The fourth-order valence-electron chi connectivity index (χ4n) is 0.726. The van der Waals surface area contributed by atoms with E-state index in [0.717, 1.165) is 6.08 Å². The highest BCUT2D eigenvalue weighted by Crippen LogP contribution is 2.03. The minimum atomic E-state index is -1.23. The van der Waals surface area contributed by atoms with Crippen molar-refractivity contribution in [2.45, 2.75) is 13.3 Å². The summed E-state index contributed by atoms with van der Waals surface area (Å²) in [7, 11) is 0.